The minimum absolute atomic E-state index is 0. The summed E-state index contributed by atoms with van der Waals surface area (Å²) in [6.07, 6.45) is 18.1. The van der Waals surface area contributed by atoms with Gasteiger partial charge in [0.05, 0.1) is 6.61 Å². The van der Waals surface area contributed by atoms with Crippen molar-refractivity contribution in [2.45, 2.75) is 116 Å². The Kier molecular flexibility index (Phi) is 24.1. The van der Waals surface area contributed by atoms with Gasteiger partial charge in [-0.3, -0.25) is 4.79 Å². The van der Waals surface area contributed by atoms with Gasteiger partial charge in [-0.2, -0.15) is 0 Å². The van der Waals surface area contributed by atoms with Crippen molar-refractivity contribution in [2.24, 2.45) is 0 Å². The van der Waals surface area contributed by atoms with Crippen LogP contribution in [0.2, 0.25) is 0 Å². The Morgan fingerprint density at radius 1 is 0.654 bits per heavy atom. The van der Waals surface area contributed by atoms with Crippen LogP contribution in [0, 0.1) is 0 Å². The van der Waals surface area contributed by atoms with E-state index in [9.17, 15) is 14.7 Å². The molecule has 0 aliphatic heterocycles. The molecule has 0 aromatic rings. The molecule has 0 bridgehead atoms. The SMILES string of the molecule is CCCCCCCCCCCCCCOC(=O)CCCCCC(=O)[O-].[Li+]. The van der Waals surface area contributed by atoms with E-state index in [-0.39, 0.29) is 31.3 Å². The third-order valence-electron chi connectivity index (χ3n) is 4.52. The molecule has 0 amide bonds. The topological polar surface area (TPSA) is 66.4 Å². The monoisotopic (exact) mass is 362 g/mol. The molecule has 5 heteroatoms. The van der Waals surface area contributed by atoms with Gasteiger partial charge < -0.3 is 14.6 Å². The van der Waals surface area contributed by atoms with Crippen LogP contribution in [0.1, 0.15) is 116 Å². The number of carbonyl (C=O) groups is 2. The van der Waals surface area contributed by atoms with Gasteiger partial charge in [-0.05, 0) is 25.7 Å². The first-order valence-electron chi connectivity index (χ1n) is 10.5. The zero-order valence-electron chi connectivity index (χ0n) is 17.4. The van der Waals surface area contributed by atoms with Gasteiger partial charge in [0.25, 0.3) is 0 Å². The summed E-state index contributed by atoms with van der Waals surface area (Å²) in [5.41, 5.74) is 0. The number of rotatable bonds is 19. The molecule has 0 rings (SSSR count). The first-order valence-corrected chi connectivity index (χ1v) is 10.5. The molecule has 0 aliphatic carbocycles. The number of esters is 1. The van der Waals surface area contributed by atoms with E-state index >= 15 is 0 Å². The summed E-state index contributed by atoms with van der Waals surface area (Å²) in [5.74, 6) is -1.17. The number of ether oxygens (including phenoxy) is 1. The Balaban J connectivity index is 0. The number of carboxylic acid groups (broad SMARTS) is 1. The summed E-state index contributed by atoms with van der Waals surface area (Å²) >= 11 is 0. The molecule has 0 aliphatic rings. The fourth-order valence-corrected chi connectivity index (χ4v) is 2.92. The molecule has 0 saturated heterocycles. The third kappa shape index (κ3) is 23.5. The van der Waals surface area contributed by atoms with Crippen molar-refractivity contribution in [1.82, 2.24) is 0 Å². The number of carbonyl (C=O) groups excluding carboxylic acids is 2. The van der Waals surface area contributed by atoms with Crippen molar-refractivity contribution in [2.75, 3.05) is 6.61 Å². The Hall–Kier alpha value is -0.463. The maximum atomic E-state index is 11.5. The van der Waals surface area contributed by atoms with E-state index < -0.39 is 5.97 Å². The zero-order valence-corrected chi connectivity index (χ0v) is 17.4. The van der Waals surface area contributed by atoms with Crippen LogP contribution in [-0.2, 0) is 14.3 Å². The fraction of sp³-hybridized carbons (Fsp3) is 0.905. The standard InChI is InChI=1S/C21H40O4.Li/c1-2-3-4-5-6-7-8-9-10-11-12-16-19-25-21(24)18-15-13-14-17-20(22)23;/h2-19H2,1H3,(H,22,23);/q;+1/p-1. The van der Waals surface area contributed by atoms with Gasteiger partial charge in [0, 0.05) is 12.4 Å². The quantitative estimate of drug-likeness (QED) is 0.200. The van der Waals surface area contributed by atoms with Crippen LogP contribution in [0.3, 0.4) is 0 Å². The summed E-state index contributed by atoms with van der Waals surface area (Å²) in [7, 11) is 0. The first-order chi connectivity index (χ1) is 12.2. The van der Waals surface area contributed by atoms with E-state index in [0.29, 0.717) is 25.9 Å². The summed E-state index contributed by atoms with van der Waals surface area (Å²) < 4.78 is 5.19. The van der Waals surface area contributed by atoms with Crippen molar-refractivity contribution in [3.63, 3.8) is 0 Å². The Morgan fingerprint density at radius 3 is 1.58 bits per heavy atom. The van der Waals surface area contributed by atoms with E-state index in [4.69, 9.17) is 4.74 Å². The average molecular weight is 362 g/mol. The van der Waals surface area contributed by atoms with E-state index in [0.717, 1.165) is 19.3 Å². The largest absolute Gasteiger partial charge is 1.00 e. The van der Waals surface area contributed by atoms with Gasteiger partial charge in [-0.25, -0.2) is 0 Å². The van der Waals surface area contributed by atoms with Crippen LogP contribution in [0.25, 0.3) is 0 Å². The summed E-state index contributed by atoms with van der Waals surface area (Å²) in [6, 6.07) is 0. The smallest absolute Gasteiger partial charge is 0.550 e. The molecule has 0 heterocycles. The van der Waals surface area contributed by atoms with E-state index in [1.807, 2.05) is 0 Å². The van der Waals surface area contributed by atoms with Crippen LogP contribution in [0.4, 0.5) is 0 Å². The number of unbranched alkanes of at least 4 members (excludes halogenated alkanes) is 13. The summed E-state index contributed by atoms with van der Waals surface area (Å²) in [4.78, 5) is 21.7. The van der Waals surface area contributed by atoms with Gasteiger partial charge in [0.2, 0.25) is 0 Å². The minimum atomic E-state index is -1.02. The molecule has 0 atom stereocenters. The first kappa shape index (κ1) is 27.8. The second kappa shape index (κ2) is 22.6. The Morgan fingerprint density at radius 2 is 1.08 bits per heavy atom. The number of hydrogen-bond donors (Lipinski definition) is 0. The molecule has 26 heavy (non-hydrogen) atoms. The molecule has 4 nitrogen and oxygen atoms in total. The van der Waals surface area contributed by atoms with E-state index in [1.54, 1.807) is 0 Å². The number of hydrogen-bond acceptors (Lipinski definition) is 4. The second-order valence-electron chi connectivity index (χ2n) is 7.04. The molecule has 0 aromatic carbocycles. The summed E-state index contributed by atoms with van der Waals surface area (Å²) in [5, 5.41) is 10.2. The van der Waals surface area contributed by atoms with Gasteiger partial charge in [-0.15, -0.1) is 0 Å². The van der Waals surface area contributed by atoms with Crippen molar-refractivity contribution in [3.8, 4) is 0 Å². The molecule has 0 spiro atoms. The fourth-order valence-electron chi connectivity index (χ4n) is 2.92. The van der Waals surface area contributed by atoms with Gasteiger partial charge in [0.1, 0.15) is 0 Å². The van der Waals surface area contributed by atoms with Gasteiger partial charge in [-0.1, -0.05) is 84.0 Å². The van der Waals surface area contributed by atoms with E-state index in [2.05, 4.69) is 6.92 Å². The molecular formula is C21H39LiO4. The van der Waals surface area contributed by atoms with Crippen LogP contribution in [-0.4, -0.2) is 18.5 Å². The molecule has 0 radical (unpaired) electrons. The van der Waals surface area contributed by atoms with Crippen LogP contribution in [0.5, 0.6) is 0 Å². The second-order valence-corrected chi connectivity index (χ2v) is 7.04. The van der Waals surface area contributed by atoms with Crippen LogP contribution >= 0.6 is 0 Å². The molecule has 0 fully saturated rings. The number of carboxylic acids is 1. The summed E-state index contributed by atoms with van der Waals surface area (Å²) in [6.45, 7) is 2.78. The van der Waals surface area contributed by atoms with E-state index in [1.165, 1.54) is 64.2 Å². The molecule has 0 unspecified atom stereocenters. The zero-order chi connectivity index (χ0) is 18.6. The van der Waals surface area contributed by atoms with Crippen molar-refractivity contribution >= 4 is 11.9 Å². The predicted molar refractivity (Wildman–Crippen MR) is 100 cm³/mol. The molecule has 0 aromatic heterocycles. The predicted octanol–water partition coefficient (Wildman–Crippen LogP) is 1.94. The third-order valence-corrected chi connectivity index (χ3v) is 4.52. The maximum Gasteiger partial charge on any atom is 1.00 e. The molecule has 0 N–H and O–H groups in total. The Labute approximate surface area is 173 Å². The van der Waals surface area contributed by atoms with Crippen molar-refractivity contribution in [3.05, 3.63) is 0 Å². The Bertz CT molecular complexity index is 321. The molecule has 148 valence electrons. The maximum absolute atomic E-state index is 11.5. The van der Waals surface area contributed by atoms with Crippen LogP contribution < -0.4 is 24.0 Å². The molecular weight excluding hydrogens is 323 g/mol. The molecule has 0 saturated carbocycles. The van der Waals surface area contributed by atoms with Crippen molar-refractivity contribution in [1.29, 1.82) is 0 Å². The number of aliphatic carboxylic acids is 1. The normalized spacial score (nSPS) is 10.3. The van der Waals surface area contributed by atoms with Gasteiger partial charge >= 0.3 is 24.8 Å². The van der Waals surface area contributed by atoms with Crippen LogP contribution in [0.15, 0.2) is 0 Å². The van der Waals surface area contributed by atoms with Crippen molar-refractivity contribution < 1.29 is 38.3 Å². The average Bonchev–Trinajstić information content (AvgIpc) is 2.58. The van der Waals surface area contributed by atoms with Gasteiger partial charge in [0.15, 0.2) is 0 Å². The minimum Gasteiger partial charge on any atom is -0.550 e.